The second-order valence-electron chi connectivity index (χ2n) is 18.7. The van der Waals surface area contributed by atoms with Crippen LogP contribution in [0.2, 0.25) is 0 Å². The summed E-state index contributed by atoms with van der Waals surface area (Å²) in [5.41, 5.74) is 12.1. The Balaban J connectivity index is 1.17. The predicted octanol–water partition coefficient (Wildman–Crippen LogP) is 18.2. The van der Waals surface area contributed by atoms with Crippen molar-refractivity contribution >= 4 is 110 Å². The topological polar surface area (TPSA) is 75.7 Å². The number of ether oxygens (including phenoxy) is 4. The van der Waals surface area contributed by atoms with Gasteiger partial charge in [0.15, 0.2) is 0 Å². The third-order valence-electron chi connectivity index (χ3n) is 14.2. The Bertz CT molecular complexity index is 4100. The number of pyridine rings is 1. The summed E-state index contributed by atoms with van der Waals surface area (Å²) in [7, 11) is 0. The van der Waals surface area contributed by atoms with Gasteiger partial charge in [-0.15, -0.1) is 0 Å². The molecule has 77 heavy (non-hydrogen) atoms. The molecule has 4 aliphatic rings. The molecule has 6 heterocycles. The molecule has 0 atom stereocenters. The number of allylic oxidation sites excluding steroid dienone is 2. The van der Waals surface area contributed by atoms with E-state index in [0.29, 0.717) is 77.6 Å². The Morgan fingerprint density at radius 1 is 0.390 bits per heavy atom. The molecule has 0 saturated heterocycles. The van der Waals surface area contributed by atoms with Gasteiger partial charge >= 0.3 is 420 Å². The molecule has 15 rings (SSSR count). The van der Waals surface area contributed by atoms with Crippen molar-refractivity contribution in [1.82, 2.24) is 9.97 Å². The molecule has 0 spiro atoms. The number of hydrogen-bond acceptors (Lipinski definition) is 11. The molecule has 10 nitrogen and oxygen atoms in total. The van der Waals surface area contributed by atoms with Gasteiger partial charge in [-0.05, 0) is 12.1 Å². The van der Waals surface area contributed by atoms with Gasteiger partial charge in [-0.2, -0.15) is 0 Å². The second-order valence-corrected chi connectivity index (χ2v) is 21.2. The fourth-order valence-corrected chi connectivity index (χ4v) is 12.6. The Morgan fingerprint density at radius 2 is 0.753 bits per heavy atom. The Hall–Kier alpha value is -9.18. The average Bonchev–Trinajstić information content (AvgIpc) is 4.04. The molecule has 0 amide bonds. The summed E-state index contributed by atoms with van der Waals surface area (Å²) in [4.78, 5) is 20.7. The van der Waals surface area contributed by atoms with Crippen LogP contribution in [0.4, 0.5) is 62.8 Å². The molecular weight excluding hydrogens is 1170 g/mol. The van der Waals surface area contributed by atoms with Crippen LogP contribution in [0.5, 0.6) is 40.2 Å². The number of rotatable bonds is 7. The van der Waals surface area contributed by atoms with E-state index < -0.39 is 0 Å². The van der Waals surface area contributed by atoms with Crippen molar-refractivity contribution < 1.29 is 18.9 Å². The van der Waals surface area contributed by atoms with Crippen LogP contribution in [0.25, 0.3) is 31.9 Å². The SMILES string of the molecule is CC1=C(/C=[CH]\[Tl])N(c2c(N3c4ccccc4Oc4ccccc43)nc(N3c4ccccc4Oc4ccccc43)c(N3c4ccccc4Oc4ccccc43)c2-c2ccc(-c3nc4ccccc4s3)cc2)c2ccccc2O1. The van der Waals surface area contributed by atoms with Gasteiger partial charge in [0.2, 0.25) is 0 Å². The number of nitrogens with zero attached hydrogens (tertiary/aromatic N) is 6. The maximum absolute atomic E-state index is 6.85. The minimum absolute atomic E-state index is 0.546. The number of para-hydroxylation sites is 15. The van der Waals surface area contributed by atoms with E-state index in [4.69, 9.17) is 28.9 Å². The van der Waals surface area contributed by atoms with Crippen molar-refractivity contribution in [3.63, 3.8) is 0 Å². The Morgan fingerprint density at radius 3 is 1.19 bits per heavy atom. The van der Waals surface area contributed by atoms with Crippen LogP contribution in [0.15, 0.2) is 240 Å². The first kappa shape index (κ1) is 45.2. The van der Waals surface area contributed by atoms with Gasteiger partial charge in [-0.3, -0.25) is 0 Å². The van der Waals surface area contributed by atoms with E-state index in [2.05, 4.69) is 157 Å². The van der Waals surface area contributed by atoms with Gasteiger partial charge in [-0.1, -0.05) is 24.3 Å². The first-order valence-electron chi connectivity index (χ1n) is 25.3. The number of hydrogen-bond donors (Lipinski definition) is 0. The Kier molecular flexibility index (Phi) is 10.7. The molecule has 364 valence electrons. The number of anilines is 11. The quantitative estimate of drug-likeness (QED) is 0.144. The van der Waals surface area contributed by atoms with Crippen LogP contribution in [0, 0.1) is 0 Å². The average molecular weight is 1210 g/mol. The van der Waals surface area contributed by atoms with E-state index in [1.54, 1.807) is 11.3 Å². The summed E-state index contributed by atoms with van der Waals surface area (Å²) < 4.78 is 30.6. The summed E-state index contributed by atoms with van der Waals surface area (Å²) in [6.07, 6.45) is 2.20. The molecule has 9 aromatic carbocycles. The van der Waals surface area contributed by atoms with Crippen LogP contribution in [0.3, 0.4) is 0 Å². The van der Waals surface area contributed by atoms with Crippen LogP contribution < -0.4 is 38.5 Å². The Labute approximate surface area is 463 Å². The molecule has 12 heteroatoms. The van der Waals surface area contributed by atoms with Gasteiger partial charge in [0.05, 0.1) is 10.2 Å². The molecule has 0 N–H and O–H groups in total. The monoisotopic (exact) mass is 1210 g/mol. The van der Waals surface area contributed by atoms with Gasteiger partial charge in [-0.25, -0.2) is 0 Å². The third kappa shape index (κ3) is 7.32. The van der Waals surface area contributed by atoms with Gasteiger partial charge < -0.3 is 0 Å². The zero-order valence-corrected chi connectivity index (χ0v) is 46.5. The second kappa shape index (κ2) is 18.3. The van der Waals surface area contributed by atoms with Crippen molar-refractivity contribution in [2.45, 2.75) is 6.92 Å². The molecule has 0 radical (unpaired) electrons. The molecule has 0 saturated carbocycles. The van der Waals surface area contributed by atoms with Crippen LogP contribution in [-0.2, 0) is 0 Å². The zero-order chi connectivity index (χ0) is 51.1. The van der Waals surface area contributed by atoms with E-state index in [-0.39, 0.29) is 0 Å². The number of aromatic nitrogens is 2. The number of benzene rings is 9. The molecule has 0 bridgehead atoms. The van der Waals surface area contributed by atoms with E-state index in [1.165, 1.54) is 0 Å². The van der Waals surface area contributed by atoms with E-state index >= 15 is 0 Å². The van der Waals surface area contributed by atoms with Crippen LogP contribution >= 0.6 is 11.3 Å². The van der Waals surface area contributed by atoms with Crippen LogP contribution in [-0.4, -0.2) is 35.7 Å². The van der Waals surface area contributed by atoms with Gasteiger partial charge in [0, 0.05) is 0 Å². The molecule has 11 aromatic rings. The molecule has 2 aromatic heterocycles. The van der Waals surface area contributed by atoms with Crippen LogP contribution in [0.1, 0.15) is 6.92 Å². The predicted molar refractivity (Wildman–Crippen MR) is 309 cm³/mol. The summed E-state index contributed by atoms with van der Waals surface area (Å²) in [6, 6.07) is 74.8. The third-order valence-corrected chi connectivity index (χ3v) is 16.0. The summed E-state index contributed by atoms with van der Waals surface area (Å²) >= 11 is 2.24. The summed E-state index contributed by atoms with van der Waals surface area (Å²) in [5.74, 6) is 6.91. The van der Waals surface area contributed by atoms with Gasteiger partial charge in [0.1, 0.15) is 0 Å². The molecule has 4 aliphatic heterocycles. The van der Waals surface area contributed by atoms with E-state index in [9.17, 15) is 0 Å². The van der Waals surface area contributed by atoms with Crippen molar-refractivity contribution in [3.05, 3.63) is 240 Å². The van der Waals surface area contributed by atoms with Crippen molar-refractivity contribution in [1.29, 1.82) is 0 Å². The fraction of sp³-hybridized carbons (Fsp3) is 0.0154. The normalized spacial score (nSPS) is 13.8. The van der Waals surface area contributed by atoms with E-state index in [1.807, 2.05) is 97.9 Å². The summed E-state index contributed by atoms with van der Waals surface area (Å²) in [6.45, 7) is 2.05. The standard InChI is InChI=1S/C65H41N6O4S.Tl/c1-3-44-40(2)72-52-28-12-5-21-45(52)68(44)61-60(41-36-38-42(39-37-41)65-66-43-20-4-19-35-59(43)76-65)62(69-46-22-6-13-29-53(46)73-54-30-14-7-23-47(54)69)64(71-50-26-10-17-33-57(50)75-58-34-18-11-27-51(58)71)67-63(61)70-48-24-8-15-31-55(48)74-56-32-16-9-25-49(56)70;/h1,3-39H,2H3;. The van der Waals surface area contributed by atoms with E-state index in [0.717, 1.165) is 94.6 Å². The molecule has 0 aliphatic carbocycles. The van der Waals surface area contributed by atoms with Crippen molar-refractivity contribution in [2.75, 3.05) is 19.6 Å². The summed E-state index contributed by atoms with van der Waals surface area (Å²) in [5, 5.41) is 0.939. The van der Waals surface area contributed by atoms with Crippen molar-refractivity contribution in [2.24, 2.45) is 0 Å². The maximum atomic E-state index is 6.85. The minimum atomic E-state index is 0.546. The first-order valence-corrected chi connectivity index (χ1v) is 28.7. The molecule has 0 fully saturated rings. The van der Waals surface area contributed by atoms with Crippen molar-refractivity contribution in [3.8, 4) is 61.9 Å². The zero-order valence-electron chi connectivity index (χ0n) is 41.2. The fourth-order valence-electron chi connectivity index (χ4n) is 10.9. The first-order chi connectivity index (χ1) is 38.1. The molecule has 0 unspecified atom stereocenters. The number of thiazole rings is 1. The van der Waals surface area contributed by atoms with Gasteiger partial charge in [0.25, 0.3) is 0 Å². The number of fused-ring (bicyclic) bond motifs is 8. The molecular formula is C65H41N6O4STl.